The first kappa shape index (κ1) is 10.3. The van der Waals surface area contributed by atoms with Crippen molar-refractivity contribution in [2.75, 3.05) is 0 Å². The molecular formula is C11H12O3. The van der Waals surface area contributed by atoms with Gasteiger partial charge in [0.05, 0.1) is 6.26 Å². The molecule has 3 heteroatoms. The summed E-state index contributed by atoms with van der Waals surface area (Å²) >= 11 is 0. The van der Waals surface area contributed by atoms with Gasteiger partial charge in [-0.25, -0.2) is 4.79 Å². The number of hydrogen-bond acceptors (Lipinski definition) is 3. The SMILES string of the molecule is CCC=COC(=O)Oc1ccccc1. The molecule has 0 saturated heterocycles. The van der Waals surface area contributed by atoms with E-state index in [9.17, 15) is 4.79 Å². The summed E-state index contributed by atoms with van der Waals surface area (Å²) in [5.41, 5.74) is 0. The minimum atomic E-state index is -0.721. The summed E-state index contributed by atoms with van der Waals surface area (Å²) < 4.78 is 9.49. The normalized spacial score (nSPS) is 10.1. The zero-order valence-corrected chi connectivity index (χ0v) is 7.97. The van der Waals surface area contributed by atoms with Crippen LogP contribution in [0, 0.1) is 0 Å². The van der Waals surface area contributed by atoms with E-state index in [-0.39, 0.29) is 0 Å². The van der Waals surface area contributed by atoms with Gasteiger partial charge in [-0.1, -0.05) is 25.1 Å². The van der Waals surface area contributed by atoms with Crippen molar-refractivity contribution in [3.63, 3.8) is 0 Å². The van der Waals surface area contributed by atoms with Gasteiger partial charge < -0.3 is 9.47 Å². The topological polar surface area (TPSA) is 35.5 Å². The van der Waals surface area contributed by atoms with Gasteiger partial charge in [0.15, 0.2) is 0 Å². The van der Waals surface area contributed by atoms with E-state index in [4.69, 9.17) is 4.74 Å². The largest absolute Gasteiger partial charge is 0.518 e. The van der Waals surface area contributed by atoms with Crippen LogP contribution < -0.4 is 4.74 Å². The lowest BCUT2D eigenvalue weighted by molar-refractivity contribution is 0.135. The summed E-state index contributed by atoms with van der Waals surface area (Å²) in [6.07, 6.45) is 3.15. The van der Waals surface area contributed by atoms with Gasteiger partial charge in [0.2, 0.25) is 0 Å². The maximum absolute atomic E-state index is 11.0. The van der Waals surface area contributed by atoms with Crippen LogP contribution in [0.1, 0.15) is 13.3 Å². The molecule has 0 N–H and O–H groups in total. The number of rotatable bonds is 3. The fourth-order valence-corrected chi connectivity index (χ4v) is 0.809. The second-order valence-corrected chi connectivity index (χ2v) is 2.56. The maximum Gasteiger partial charge on any atom is 0.518 e. The smallest absolute Gasteiger partial charge is 0.403 e. The first-order valence-corrected chi connectivity index (χ1v) is 4.41. The Balaban J connectivity index is 2.38. The Bertz CT molecular complexity index is 304. The van der Waals surface area contributed by atoms with Crippen LogP contribution in [-0.4, -0.2) is 6.16 Å². The summed E-state index contributed by atoms with van der Waals surface area (Å²) in [5, 5.41) is 0. The van der Waals surface area contributed by atoms with Crippen molar-refractivity contribution in [2.45, 2.75) is 13.3 Å². The molecule has 0 bridgehead atoms. The Morgan fingerprint density at radius 1 is 1.36 bits per heavy atom. The predicted molar refractivity (Wildman–Crippen MR) is 53.0 cm³/mol. The molecule has 0 heterocycles. The van der Waals surface area contributed by atoms with Crippen LogP contribution in [0.3, 0.4) is 0 Å². The van der Waals surface area contributed by atoms with Gasteiger partial charge in [-0.15, -0.1) is 0 Å². The first-order valence-electron chi connectivity index (χ1n) is 4.41. The molecule has 0 spiro atoms. The molecule has 0 radical (unpaired) electrons. The number of ether oxygens (including phenoxy) is 2. The van der Waals surface area contributed by atoms with Crippen LogP contribution in [-0.2, 0) is 4.74 Å². The van der Waals surface area contributed by atoms with E-state index < -0.39 is 6.16 Å². The van der Waals surface area contributed by atoms with E-state index in [2.05, 4.69) is 4.74 Å². The zero-order chi connectivity index (χ0) is 10.2. The lowest BCUT2D eigenvalue weighted by Crippen LogP contribution is -2.06. The van der Waals surface area contributed by atoms with Crippen LogP contribution in [0.25, 0.3) is 0 Å². The van der Waals surface area contributed by atoms with Crippen LogP contribution in [0.4, 0.5) is 4.79 Å². The van der Waals surface area contributed by atoms with Gasteiger partial charge in [0.25, 0.3) is 0 Å². The van der Waals surface area contributed by atoms with Crippen molar-refractivity contribution in [3.05, 3.63) is 42.7 Å². The minimum absolute atomic E-state index is 0.474. The molecule has 0 aromatic heterocycles. The van der Waals surface area contributed by atoms with Crippen molar-refractivity contribution in [1.29, 1.82) is 0 Å². The lowest BCUT2D eigenvalue weighted by atomic mass is 10.3. The number of hydrogen-bond donors (Lipinski definition) is 0. The number of allylic oxidation sites excluding steroid dienone is 1. The summed E-state index contributed by atoms with van der Waals surface area (Å²) in [4.78, 5) is 11.0. The summed E-state index contributed by atoms with van der Waals surface area (Å²) in [7, 11) is 0. The molecule has 1 aromatic rings. The van der Waals surface area contributed by atoms with Crippen molar-refractivity contribution in [3.8, 4) is 5.75 Å². The molecule has 3 nitrogen and oxygen atoms in total. The summed E-state index contributed by atoms with van der Waals surface area (Å²) in [6, 6.07) is 8.78. The van der Waals surface area contributed by atoms with E-state index in [0.717, 1.165) is 6.42 Å². The average molecular weight is 192 g/mol. The molecule has 0 atom stereocenters. The fraction of sp³-hybridized carbons (Fsp3) is 0.182. The van der Waals surface area contributed by atoms with Crippen LogP contribution >= 0.6 is 0 Å². The predicted octanol–water partition coefficient (Wildman–Crippen LogP) is 3.13. The molecule has 0 saturated carbocycles. The van der Waals surface area contributed by atoms with Crippen molar-refractivity contribution in [2.24, 2.45) is 0 Å². The Labute approximate surface area is 83.0 Å². The van der Waals surface area contributed by atoms with Crippen molar-refractivity contribution < 1.29 is 14.3 Å². The van der Waals surface area contributed by atoms with Gasteiger partial charge in [-0.3, -0.25) is 0 Å². The summed E-state index contributed by atoms with van der Waals surface area (Å²) in [6.45, 7) is 1.95. The number of carbonyl (C=O) groups excluding carboxylic acids is 1. The molecule has 0 aliphatic carbocycles. The van der Waals surface area contributed by atoms with Crippen molar-refractivity contribution in [1.82, 2.24) is 0 Å². The molecule has 1 rings (SSSR count). The molecule has 14 heavy (non-hydrogen) atoms. The van der Waals surface area contributed by atoms with Gasteiger partial charge in [0, 0.05) is 0 Å². The van der Waals surface area contributed by atoms with Crippen LogP contribution in [0.2, 0.25) is 0 Å². The molecule has 0 aliphatic heterocycles. The van der Waals surface area contributed by atoms with E-state index in [0.29, 0.717) is 5.75 Å². The molecule has 0 amide bonds. The fourth-order valence-electron chi connectivity index (χ4n) is 0.809. The second kappa shape index (κ2) is 5.80. The van der Waals surface area contributed by atoms with E-state index >= 15 is 0 Å². The van der Waals surface area contributed by atoms with Gasteiger partial charge in [-0.2, -0.15) is 0 Å². The van der Waals surface area contributed by atoms with E-state index in [1.807, 2.05) is 13.0 Å². The van der Waals surface area contributed by atoms with E-state index in [1.165, 1.54) is 6.26 Å². The zero-order valence-electron chi connectivity index (χ0n) is 7.97. The standard InChI is InChI=1S/C11H12O3/c1-2-3-9-13-11(12)14-10-7-5-4-6-8-10/h3-9H,2H2,1H3. The first-order chi connectivity index (χ1) is 6.83. The number of carbonyl (C=O) groups is 1. The number of benzene rings is 1. The highest BCUT2D eigenvalue weighted by molar-refractivity contribution is 5.64. The highest BCUT2D eigenvalue weighted by Gasteiger charge is 2.02. The second-order valence-electron chi connectivity index (χ2n) is 2.56. The molecular weight excluding hydrogens is 180 g/mol. The Morgan fingerprint density at radius 2 is 2.07 bits per heavy atom. The Morgan fingerprint density at radius 3 is 2.71 bits per heavy atom. The van der Waals surface area contributed by atoms with Gasteiger partial charge >= 0.3 is 6.16 Å². The van der Waals surface area contributed by atoms with Crippen LogP contribution in [0.5, 0.6) is 5.75 Å². The molecule has 0 fully saturated rings. The highest BCUT2D eigenvalue weighted by Crippen LogP contribution is 2.08. The summed E-state index contributed by atoms with van der Waals surface area (Å²) in [5.74, 6) is 0.474. The number of para-hydroxylation sites is 1. The molecule has 0 unspecified atom stereocenters. The Hall–Kier alpha value is -1.77. The average Bonchev–Trinajstić information content (AvgIpc) is 2.20. The van der Waals surface area contributed by atoms with Crippen LogP contribution in [0.15, 0.2) is 42.7 Å². The van der Waals surface area contributed by atoms with Gasteiger partial charge in [-0.05, 0) is 24.6 Å². The maximum atomic E-state index is 11.0. The third-order valence-electron chi connectivity index (χ3n) is 1.44. The van der Waals surface area contributed by atoms with Crippen molar-refractivity contribution >= 4 is 6.16 Å². The third kappa shape index (κ3) is 3.76. The monoisotopic (exact) mass is 192 g/mol. The minimum Gasteiger partial charge on any atom is -0.403 e. The highest BCUT2D eigenvalue weighted by atomic mass is 16.7. The third-order valence-corrected chi connectivity index (χ3v) is 1.44. The molecule has 74 valence electrons. The quantitative estimate of drug-likeness (QED) is 0.419. The molecule has 0 aliphatic rings. The van der Waals surface area contributed by atoms with Gasteiger partial charge in [0.1, 0.15) is 5.75 Å². The molecule has 1 aromatic carbocycles. The van der Waals surface area contributed by atoms with E-state index in [1.54, 1.807) is 30.3 Å². The Kier molecular flexibility index (Phi) is 4.27. The lowest BCUT2D eigenvalue weighted by Gasteiger charge is -2.00.